The minimum Gasteiger partial charge on any atom is -0.455 e. The lowest BCUT2D eigenvalue weighted by molar-refractivity contribution is 0.672. The maximum atomic E-state index is 6.58. The van der Waals surface area contributed by atoms with Gasteiger partial charge in [-0.1, -0.05) is 419 Å². The highest BCUT2D eigenvalue weighted by molar-refractivity contribution is 6.28. The summed E-state index contributed by atoms with van der Waals surface area (Å²) >= 11 is 0. The van der Waals surface area contributed by atoms with Gasteiger partial charge in [0, 0.05) is 98.8 Å². The van der Waals surface area contributed by atoms with E-state index >= 15 is 0 Å². The summed E-state index contributed by atoms with van der Waals surface area (Å²) in [5, 5.41) is 35.7. The van der Waals surface area contributed by atoms with Crippen LogP contribution >= 0.6 is 0 Å². The first-order chi connectivity index (χ1) is 74.4. The molecule has 31 aromatic rings. The van der Waals surface area contributed by atoms with Gasteiger partial charge >= 0.3 is 0 Å². The molecule has 0 unspecified atom stereocenters. The third-order valence-corrected chi connectivity index (χ3v) is 30.5. The summed E-state index contributed by atoms with van der Waals surface area (Å²) in [6.07, 6.45) is 0. The molecule has 0 aliphatic carbocycles. The standard InChI is InChI=1S/C52H33NO.2C46H29NO/c1-3-13-34(14-4-1)39-29-40(35-15-5-2-6-16-35)32-42(31-39)53(49-33-37-17-7-8-18-43(37)45-19-9-10-20-46(45)49)41-26-28-44-38(30-41)24-23-36-25-27-48-47-21-11-12-22-50(47)54-52(48)51(36)44;1-2-11-30(12-3-1)32-14-10-15-35(27-32)47(43-29-33-13-4-5-16-37(33)39-17-6-7-18-40(39)43)36-24-26-38-34(28-36)22-21-31-23-25-42-41-19-8-9-20-44(41)48-46(42)45(31)38;1-2-10-30(11-3-1)31-20-23-35(24-21-31)47(43-29-33-12-4-5-13-37(33)39-14-6-7-15-40(39)43)36-25-27-38-34(28-36)19-18-32-22-26-42-41-16-8-9-17-44(41)48-46(42)45(32)38/h1-33H;2*1-29H. The van der Waals surface area contributed by atoms with Crippen molar-refractivity contribution in [1.82, 2.24) is 0 Å². The second-order valence-electron chi connectivity index (χ2n) is 39.2. The molecule has 0 bridgehead atoms. The zero-order valence-electron chi connectivity index (χ0n) is 81.6. The largest absolute Gasteiger partial charge is 0.455 e. The molecule has 700 valence electrons. The van der Waals surface area contributed by atoms with Gasteiger partial charge in [0.05, 0.1) is 17.1 Å². The molecule has 0 N–H and O–H groups in total. The van der Waals surface area contributed by atoms with E-state index in [1.165, 1.54) is 152 Å². The molecule has 0 saturated heterocycles. The number of furan rings is 3. The highest BCUT2D eigenvalue weighted by atomic mass is 16.3. The van der Waals surface area contributed by atoms with Gasteiger partial charge in [0.1, 0.15) is 33.5 Å². The molecule has 0 fully saturated rings. The summed E-state index contributed by atoms with van der Waals surface area (Å²) in [6.45, 7) is 0. The lowest BCUT2D eigenvalue weighted by atomic mass is 9.95. The van der Waals surface area contributed by atoms with E-state index in [4.69, 9.17) is 13.3 Å². The molecule has 0 spiro atoms. The number of hydrogen-bond acceptors (Lipinski definition) is 6. The molecule has 150 heavy (non-hydrogen) atoms. The molecule has 3 aromatic heterocycles. The van der Waals surface area contributed by atoms with E-state index in [0.717, 1.165) is 139 Å². The van der Waals surface area contributed by atoms with Gasteiger partial charge in [0.2, 0.25) is 0 Å². The Hall–Kier alpha value is -19.9. The van der Waals surface area contributed by atoms with Crippen molar-refractivity contribution in [2.45, 2.75) is 0 Å². The Balaban J connectivity index is 0.000000106. The van der Waals surface area contributed by atoms with Crippen molar-refractivity contribution < 1.29 is 13.3 Å². The molecule has 28 aromatic carbocycles. The summed E-state index contributed by atoms with van der Waals surface area (Å²) in [5.41, 5.74) is 25.1. The van der Waals surface area contributed by atoms with Crippen LogP contribution in [0.25, 0.3) is 240 Å². The highest BCUT2D eigenvalue weighted by Gasteiger charge is 2.27. The van der Waals surface area contributed by atoms with Gasteiger partial charge in [-0.15, -0.1) is 0 Å². The monoisotopic (exact) mass is 1910 g/mol. The Morgan fingerprint density at radius 3 is 0.720 bits per heavy atom. The van der Waals surface area contributed by atoms with Crippen molar-refractivity contribution in [2.24, 2.45) is 0 Å². The molecule has 6 heteroatoms. The second kappa shape index (κ2) is 36.1. The van der Waals surface area contributed by atoms with Crippen LogP contribution in [0.1, 0.15) is 0 Å². The highest BCUT2D eigenvalue weighted by Crippen LogP contribution is 2.52. The zero-order valence-corrected chi connectivity index (χ0v) is 81.6. The Morgan fingerprint density at radius 1 is 0.113 bits per heavy atom. The minimum atomic E-state index is 0.912. The first-order valence-corrected chi connectivity index (χ1v) is 51.4. The van der Waals surface area contributed by atoms with E-state index in [1.54, 1.807) is 0 Å². The van der Waals surface area contributed by atoms with Crippen LogP contribution in [-0.2, 0) is 0 Å². The number of anilines is 9. The molecule has 0 radical (unpaired) electrons. The molecule has 0 amide bonds. The van der Waals surface area contributed by atoms with Crippen molar-refractivity contribution in [3.8, 4) is 44.5 Å². The fourth-order valence-electron chi connectivity index (χ4n) is 23.5. The van der Waals surface area contributed by atoms with E-state index < -0.39 is 0 Å². The van der Waals surface area contributed by atoms with Crippen molar-refractivity contribution in [3.63, 3.8) is 0 Å². The van der Waals surface area contributed by atoms with Crippen LogP contribution in [0, 0.1) is 0 Å². The van der Waals surface area contributed by atoms with Gasteiger partial charge in [0.25, 0.3) is 0 Å². The quantitative estimate of drug-likeness (QED) is 0.107. The Labute approximate surface area is 864 Å². The maximum Gasteiger partial charge on any atom is 0.143 e. The average Bonchev–Trinajstić information content (AvgIpc) is 1.34. The van der Waals surface area contributed by atoms with Crippen molar-refractivity contribution >= 4 is 246 Å². The van der Waals surface area contributed by atoms with Crippen molar-refractivity contribution in [1.29, 1.82) is 0 Å². The molecule has 0 aliphatic rings. The van der Waals surface area contributed by atoms with Gasteiger partial charge < -0.3 is 28.0 Å². The summed E-state index contributed by atoms with van der Waals surface area (Å²) in [7, 11) is 0. The maximum absolute atomic E-state index is 6.58. The van der Waals surface area contributed by atoms with Gasteiger partial charge in [-0.3, -0.25) is 0 Å². The van der Waals surface area contributed by atoms with Gasteiger partial charge in [-0.05, 0) is 275 Å². The number of hydrogen-bond donors (Lipinski definition) is 0. The molecular weight excluding hydrogens is 1820 g/mol. The normalized spacial score (nSPS) is 11.7. The van der Waals surface area contributed by atoms with Crippen molar-refractivity contribution in [3.05, 3.63) is 552 Å². The summed E-state index contributed by atoms with van der Waals surface area (Å²) in [4.78, 5) is 7.29. The molecule has 3 heterocycles. The first-order valence-electron chi connectivity index (χ1n) is 51.4. The van der Waals surface area contributed by atoms with Crippen LogP contribution in [0.5, 0.6) is 0 Å². The lowest BCUT2D eigenvalue weighted by Crippen LogP contribution is -2.11. The number of para-hydroxylation sites is 3. The smallest absolute Gasteiger partial charge is 0.143 e. The molecule has 31 rings (SSSR count). The number of nitrogens with zero attached hydrogens (tertiary/aromatic N) is 3. The fraction of sp³-hybridized carbons (Fsp3) is 0. The van der Waals surface area contributed by atoms with E-state index in [9.17, 15) is 0 Å². The van der Waals surface area contributed by atoms with Crippen LogP contribution in [0.2, 0.25) is 0 Å². The first kappa shape index (κ1) is 86.7. The Bertz CT molecular complexity index is 10800. The predicted octanol–water partition coefficient (Wildman–Crippen LogP) is 41.7. The number of benzene rings is 28. The number of rotatable bonds is 13. The average molecular weight is 1910 g/mol. The van der Waals surface area contributed by atoms with Crippen LogP contribution in [-0.4, -0.2) is 0 Å². The van der Waals surface area contributed by atoms with Gasteiger partial charge in [-0.2, -0.15) is 0 Å². The van der Waals surface area contributed by atoms with Crippen LogP contribution in [0.15, 0.2) is 565 Å². The van der Waals surface area contributed by atoms with E-state index in [-0.39, 0.29) is 0 Å². The van der Waals surface area contributed by atoms with Gasteiger partial charge in [-0.25, -0.2) is 0 Å². The van der Waals surface area contributed by atoms with Crippen LogP contribution in [0.3, 0.4) is 0 Å². The lowest BCUT2D eigenvalue weighted by Gasteiger charge is -2.29. The molecule has 0 saturated carbocycles. The van der Waals surface area contributed by atoms with Crippen LogP contribution < -0.4 is 14.7 Å². The van der Waals surface area contributed by atoms with Gasteiger partial charge in [0.15, 0.2) is 0 Å². The van der Waals surface area contributed by atoms with E-state index in [0.29, 0.717) is 0 Å². The fourth-order valence-corrected chi connectivity index (χ4v) is 23.5. The molecule has 0 aliphatic heterocycles. The Morgan fingerprint density at radius 2 is 0.353 bits per heavy atom. The zero-order chi connectivity index (χ0) is 98.8. The summed E-state index contributed by atoms with van der Waals surface area (Å²) in [5.74, 6) is 0. The third-order valence-electron chi connectivity index (χ3n) is 30.5. The predicted molar refractivity (Wildman–Crippen MR) is 637 cm³/mol. The topological polar surface area (TPSA) is 49.1 Å². The van der Waals surface area contributed by atoms with E-state index in [2.05, 4.69) is 549 Å². The summed E-state index contributed by atoms with van der Waals surface area (Å²) in [6, 6.07) is 199. The second-order valence-corrected chi connectivity index (χ2v) is 39.2. The van der Waals surface area contributed by atoms with Crippen LogP contribution in [0.4, 0.5) is 51.2 Å². The Kier molecular flexibility index (Phi) is 20.9. The SMILES string of the molecule is c1ccc(-c2cc(-c3ccccc3)cc(N(c3ccc4c(ccc5ccc6c7ccccc7oc6c54)c3)c3cc4ccccc4c4ccccc34)c2)cc1.c1ccc(-c2ccc(N(c3ccc4c(ccc5ccc6c7ccccc7oc6c54)c3)c3cc4ccccc4c4ccccc34)cc2)cc1.c1ccc(-c2cccc(N(c3ccc4c(ccc5ccc6c7ccccc7oc6c54)c3)c3cc4ccccc4c4ccccc34)c2)cc1. The summed E-state index contributed by atoms with van der Waals surface area (Å²) < 4.78 is 19.6. The number of fused-ring (bicyclic) bond motifs is 30. The minimum absolute atomic E-state index is 0.912. The third kappa shape index (κ3) is 14.9. The molecular formula is C144H91N3O3. The van der Waals surface area contributed by atoms with Crippen molar-refractivity contribution in [2.75, 3.05) is 14.7 Å². The van der Waals surface area contributed by atoms with E-state index in [1.807, 2.05) is 18.2 Å². The molecule has 6 nitrogen and oxygen atoms in total. The molecule has 0 atom stereocenters.